The van der Waals surface area contributed by atoms with E-state index in [4.69, 9.17) is 71.8 Å². The molecule has 50 nitrogen and oxygen atoms in total. The zero-order valence-corrected chi connectivity index (χ0v) is 65.9. The lowest BCUT2D eigenvalue weighted by Gasteiger charge is -2.02. The molecule has 7 rings (SSSR count). The molecule has 0 radical (unpaired) electrons. The highest BCUT2D eigenvalue weighted by Crippen LogP contribution is 2.21. The van der Waals surface area contributed by atoms with Crippen LogP contribution in [0.2, 0.25) is 0 Å². The molecule has 22 N–H and O–H groups in total. The van der Waals surface area contributed by atoms with Gasteiger partial charge in [0.2, 0.25) is 5.91 Å². The van der Waals surface area contributed by atoms with Crippen molar-refractivity contribution in [2.45, 2.75) is 35.1 Å². The van der Waals surface area contributed by atoms with Crippen molar-refractivity contribution in [2.75, 3.05) is 99.3 Å². The van der Waals surface area contributed by atoms with E-state index in [9.17, 15) is 73.5 Å². The number of carbonyl (C=O) groups excluding carboxylic acids is 9. The zero-order valence-electron chi connectivity index (χ0n) is 65.9. The van der Waals surface area contributed by atoms with Crippen LogP contribution in [0.15, 0.2) is 170 Å². The second-order valence-corrected chi connectivity index (χ2v) is 18.6. The highest BCUT2D eigenvalue weighted by molar-refractivity contribution is 5.86. The van der Waals surface area contributed by atoms with Gasteiger partial charge >= 0.3 is 48.8 Å². The monoisotopic (exact) mass is 1710 g/mol. The summed E-state index contributed by atoms with van der Waals surface area (Å²) >= 11 is 0. The molecule has 0 unspecified atom stereocenters. The number of amides is 5. The number of phenols is 4. The molecular weight excluding hydrogens is 1620 g/mol. The van der Waals surface area contributed by atoms with Crippen LogP contribution in [0, 0.1) is 30.3 Å². The Morgan fingerprint density at radius 2 is 0.542 bits per heavy atom. The van der Waals surface area contributed by atoms with E-state index in [-0.39, 0.29) is 83.2 Å². The molecule has 0 aromatic heterocycles. The van der Waals surface area contributed by atoms with Crippen LogP contribution < -0.4 is 64.2 Å². The number of hydrogen-bond donors (Lipinski definition) is 18. The minimum absolute atomic E-state index is 0. The number of carbonyl (C=O) groups is 12. The smallest absolute Gasteiger partial charge is 0.508 e. The van der Waals surface area contributed by atoms with Crippen molar-refractivity contribution in [1.29, 1.82) is 0 Å². The summed E-state index contributed by atoms with van der Waals surface area (Å²) in [7, 11) is 11.9. The lowest BCUT2D eigenvalue weighted by molar-refractivity contribution is -0.385. The Bertz CT molecular complexity index is 3640. The van der Waals surface area contributed by atoms with Crippen LogP contribution in [0.5, 0.6) is 40.2 Å². The Labute approximate surface area is 683 Å². The molecule has 0 fully saturated rings. The van der Waals surface area contributed by atoms with Crippen LogP contribution in [0.4, 0.5) is 73.4 Å². The number of carboxylic acid groups (broad SMARTS) is 3. The fraction of sp³-hybridized carbons (Fsp3) is 0.229. The number of hydrogen-bond acceptors (Lipinski definition) is 39. The Morgan fingerprint density at radius 1 is 0.342 bits per heavy atom. The number of nitrogens with zero attached hydrogens (tertiary/aromatic N) is 3. The second-order valence-electron chi connectivity index (χ2n) is 18.6. The topological polar surface area (TPSA) is 782 Å². The number of nitro benzene ring substituents is 3. The van der Waals surface area contributed by atoms with Crippen molar-refractivity contribution in [3.63, 3.8) is 0 Å². The van der Waals surface area contributed by atoms with E-state index in [2.05, 4.69) is 79.7 Å². The van der Waals surface area contributed by atoms with Gasteiger partial charge in [-0.15, -0.1) is 0 Å². The third-order valence-corrected chi connectivity index (χ3v) is 9.96. The molecule has 50 heteroatoms. The number of aliphatic hydroxyl groups is 2. The van der Waals surface area contributed by atoms with Crippen molar-refractivity contribution in [1.82, 2.24) is 10.9 Å². The first-order chi connectivity index (χ1) is 56.0. The number of rotatable bonds is 10. The number of nitrogen functional groups attached to an aromatic ring is 1. The van der Waals surface area contributed by atoms with Gasteiger partial charge in [-0.2, -0.15) is 0 Å². The summed E-state index contributed by atoms with van der Waals surface area (Å²) in [5.41, 5.74) is 16.3. The third kappa shape index (κ3) is 81.3. The highest BCUT2D eigenvalue weighted by atomic mass is 16.7. The van der Waals surface area contributed by atoms with E-state index in [1.54, 1.807) is 60.7 Å². The fourth-order valence-electron chi connectivity index (χ4n) is 5.21. The van der Waals surface area contributed by atoms with Gasteiger partial charge < -0.3 is 110 Å². The molecule has 0 bridgehead atoms. The standard InChI is InChI=1S/3C8H7NO5.3C8H9NO3.C6H7NO.C4H8N2O3.C3H7NO2.3C2H4O2.2CH4O.CH4.H4N2/c3*1-13-8(10)14-7-4-2-6(3-5-7)9(11)12;3*1-12-8(11)9-6-2-4-7(10)5-3-6;7-5-1-3-6(8)4-2-5;1-3(7)5-6-4(8)9-2;1-6-3(5)2-4;3*1-2(3)4;2*1-2;;1-2/h3*2-5H,1H3;3*2-5,10H,1H3,(H,9,11);1-4,8H,7H2;1-2H3,(H,5,7)(H,6,8);2,4H2,1H3;3*1H3,(H,3,4);2*2H,1H3;1H4;1-2H2. The molecule has 7 aromatic carbocycles. The third-order valence-electron chi connectivity index (χ3n) is 9.96. The summed E-state index contributed by atoms with van der Waals surface area (Å²) in [4.78, 5) is 150. The Kier molecular flexibility index (Phi) is 80.8. The Balaban J connectivity index is -0.000000162. The van der Waals surface area contributed by atoms with E-state index in [0.29, 0.717) is 22.7 Å². The number of esters is 1. The van der Waals surface area contributed by atoms with Crippen molar-refractivity contribution in [3.8, 4) is 40.2 Å². The number of phenolic OH excluding ortho intramolecular Hbond substituents is 4. The predicted octanol–water partition coefficient (Wildman–Crippen LogP) is 8.36. The fourth-order valence-corrected chi connectivity index (χ4v) is 5.21. The molecule has 0 saturated heterocycles. The number of aromatic hydroxyl groups is 4. The lowest BCUT2D eigenvalue weighted by Crippen LogP contribution is -2.40. The molecule has 0 aliphatic rings. The van der Waals surface area contributed by atoms with Gasteiger partial charge in [-0.25, -0.2) is 39.0 Å². The van der Waals surface area contributed by atoms with Crippen LogP contribution in [0.1, 0.15) is 35.1 Å². The van der Waals surface area contributed by atoms with E-state index in [1.165, 1.54) is 173 Å². The number of aliphatic hydroxyl groups excluding tert-OH is 2. The number of nitro groups is 3. The lowest BCUT2D eigenvalue weighted by atomic mass is 10.3. The quantitative estimate of drug-likeness (QED) is 0.00893. The number of carboxylic acids is 3. The van der Waals surface area contributed by atoms with Crippen LogP contribution in [-0.2, 0) is 61.9 Å². The van der Waals surface area contributed by atoms with Gasteiger partial charge in [-0.1, -0.05) is 7.43 Å². The molecule has 0 spiro atoms. The van der Waals surface area contributed by atoms with Crippen molar-refractivity contribution >= 4 is 112 Å². The number of hydrazine groups is 2. The molecule has 666 valence electrons. The largest absolute Gasteiger partial charge is 0.513 e. The van der Waals surface area contributed by atoms with Gasteiger partial charge in [0.15, 0.2) is 0 Å². The molecular formula is C70H98N12O38. The van der Waals surface area contributed by atoms with Gasteiger partial charge in [-0.3, -0.25) is 87.4 Å². The van der Waals surface area contributed by atoms with Crippen molar-refractivity contribution in [3.05, 3.63) is 200 Å². The molecule has 0 aliphatic carbocycles. The van der Waals surface area contributed by atoms with E-state index in [0.717, 1.165) is 35.0 Å². The molecule has 5 amide bonds. The van der Waals surface area contributed by atoms with Crippen molar-refractivity contribution < 1.29 is 170 Å². The van der Waals surface area contributed by atoms with Crippen LogP contribution in [0.25, 0.3) is 0 Å². The van der Waals surface area contributed by atoms with Crippen LogP contribution in [-0.4, -0.2) is 211 Å². The second kappa shape index (κ2) is 79.4. The average molecular weight is 1720 g/mol. The average Bonchev–Trinajstić information content (AvgIpc) is 0.622. The van der Waals surface area contributed by atoms with Crippen LogP contribution >= 0.6 is 0 Å². The highest BCUT2D eigenvalue weighted by Gasteiger charge is 2.11. The summed E-state index contributed by atoms with van der Waals surface area (Å²) < 4.78 is 47.9. The summed E-state index contributed by atoms with van der Waals surface area (Å²) in [6.07, 6.45) is -4.86. The number of methoxy groups -OCH3 is 8. The summed E-state index contributed by atoms with van der Waals surface area (Å²) in [5, 5.41) is 110. The SMILES string of the molecule is C.CC(=O)O.CC(=O)O.CC(=O)O.CO.CO.COC(=O)CN.COC(=O)NNC(C)=O.COC(=O)Nc1ccc(O)cc1.COC(=O)Nc1ccc(O)cc1.COC(=O)Nc1ccc(O)cc1.COC(=O)Oc1ccc([N+](=O)[O-])cc1.COC(=O)Oc1ccc([N+](=O)[O-])cc1.COC(=O)Oc1ccc([N+](=O)[O-])cc1.NN.Nc1ccc(O)cc1. The number of aliphatic carboxylic acids is 3. The minimum Gasteiger partial charge on any atom is -0.508 e. The van der Waals surface area contributed by atoms with Gasteiger partial charge in [0, 0.05) is 101 Å². The number of nitrogens with one attached hydrogen (secondary N) is 5. The minimum atomic E-state index is -0.862. The molecule has 7 aromatic rings. The van der Waals surface area contributed by atoms with Gasteiger partial charge in [0.05, 0.1) is 78.2 Å². The number of ether oxygens (including phenoxy) is 11. The van der Waals surface area contributed by atoms with Gasteiger partial charge in [0.25, 0.3) is 35.0 Å². The first-order valence-corrected chi connectivity index (χ1v) is 31.2. The molecule has 0 atom stereocenters. The predicted molar refractivity (Wildman–Crippen MR) is 425 cm³/mol. The first kappa shape index (κ1) is 122. The van der Waals surface area contributed by atoms with E-state index < -0.39 is 75.5 Å². The summed E-state index contributed by atoms with van der Waals surface area (Å²) in [5.74, 6) is 6.09. The van der Waals surface area contributed by atoms with Gasteiger partial charge in [0.1, 0.15) is 40.2 Å². The Hall–Kier alpha value is -16.2. The van der Waals surface area contributed by atoms with Gasteiger partial charge in [-0.05, 0) is 133 Å². The maximum Gasteiger partial charge on any atom is 0.513 e. The number of nitrogens with two attached hydrogens (primary N) is 4. The zero-order chi connectivity index (χ0) is 93.6. The number of non-ortho nitro benzene ring substituents is 3. The Morgan fingerprint density at radius 3 is 0.683 bits per heavy atom. The van der Waals surface area contributed by atoms with E-state index in [1.807, 2.05) is 10.9 Å². The molecule has 0 heterocycles. The summed E-state index contributed by atoms with van der Waals surface area (Å²) in [6, 6.07) is 40.0. The molecule has 120 heavy (non-hydrogen) atoms. The maximum absolute atomic E-state index is 10.7. The van der Waals surface area contributed by atoms with Crippen LogP contribution in [0.3, 0.4) is 0 Å². The first-order valence-electron chi connectivity index (χ1n) is 31.2. The van der Waals surface area contributed by atoms with E-state index >= 15 is 0 Å². The molecule has 0 aliphatic heterocycles. The maximum atomic E-state index is 10.7. The normalized spacial score (nSPS) is 8.29. The van der Waals surface area contributed by atoms with Crippen molar-refractivity contribution in [2.24, 2.45) is 17.4 Å². The number of benzene rings is 7. The summed E-state index contributed by atoms with van der Waals surface area (Å²) in [6.45, 7) is 4.49. The molecule has 0 saturated carbocycles. The number of anilines is 4.